The summed E-state index contributed by atoms with van der Waals surface area (Å²) >= 11 is 0. The first kappa shape index (κ1) is 14.3. The van der Waals surface area contributed by atoms with Crippen molar-refractivity contribution >= 4 is 21.3 Å². The van der Waals surface area contributed by atoms with Crippen molar-refractivity contribution < 1.29 is 19.1 Å². The van der Waals surface area contributed by atoms with Crippen molar-refractivity contribution in [2.24, 2.45) is 5.41 Å². The van der Waals surface area contributed by atoms with Gasteiger partial charge in [0, 0.05) is 11.8 Å². The van der Waals surface area contributed by atoms with Crippen LogP contribution in [0.15, 0.2) is 0 Å². The van der Waals surface area contributed by atoms with Gasteiger partial charge in [-0.3, -0.25) is 0 Å². The Morgan fingerprint density at radius 3 is 2.07 bits per heavy atom. The van der Waals surface area contributed by atoms with Crippen molar-refractivity contribution in [1.82, 2.24) is 0 Å². The fourth-order valence-corrected chi connectivity index (χ4v) is 2.86. The first-order valence-corrected chi connectivity index (χ1v) is 7.80. The summed E-state index contributed by atoms with van der Waals surface area (Å²) in [6, 6.07) is 0. The Hall–Kier alpha value is -0.683. The predicted molar refractivity (Wildman–Crippen MR) is 60.5 cm³/mol. The van der Waals surface area contributed by atoms with Crippen molar-refractivity contribution in [3.63, 3.8) is 0 Å². The molecule has 0 aliphatic heterocycles. The molecule has 0 saturated heterocycles. The topological polar surface area (TPSA) is 63.6 Å². The molecule has 0 bridgehead atoms. The van der Waals surface area contributed by atoms with Crippen molar-refractivity contribution in [1.29, 1.82) is 0 Å². The van der Waals surface area contributed by atoms with Crippen LogP contribution in [0, 0.1) is 5.41 Å². The quantitative estimate of drug-likeness (QED) is 0.575. The second-order valence-corrected chi connectivity index (χ2v) is 7.25. The minimum Gasteiger partial charge on any atom is -0.479 e. The molecule has 15 heavy (non-hydrogen) atoms. The van der Waals surface area contributed by atoms with Gasteiger partial charge in [-0.25, -0.2) is 4.79 Å². The lowest BCUT2D eigenvalue weighted by Crippen LogP contribution is -2.54. The van der Waals surface area contributed by atoms with Crippen LogP contribution in [-0.4, -0.2) is 32.0 Å². The second-order valence-electron chi connectivity index (χ2n) is 4.92. The van der Waals surface area contributed by atoms with E-state index in [0.717, 1.165) is 0 Å². The van der Waals surface area contributed by atoms with Crippen LogP contribution < -0.4 is 0 Å². The Bertz CT molecular complexity index is 244. The zero-order chi connectivity index (χ0) is 12.3. The van der Waals surface area contributed by atoms with Crippen LogP contribution in [0.5, 0.6) is 0 Å². The number of carboxylic acids is 1. The van der Waals surface area contributed by atoms with Crippen molar-refractivity contribution in [2.75, 3.05) is 0 Å². The number of aliphatic carboxylic acids is 1. The number of carbonyl (C=O) groups is 2. The highest BCUT2D eigenvalue weighted by atomic mass is 28.3. The Morgan fingerprint density at radius 1 is 1.40 bits per heavy atom. The molecule has 0 spiro atoms. The zero-order valence-electron chi connectivity index (χ0n) is 10.0. The van der Waals surface area contributed by atoms with E-state index in [0.29, 0.717) is 6.29 Å². The first-order valence-electron chi connectivity index (χ1n) is 5.02. The summed E-state index contributed by atoms with van der Waals surface area (Å²) in [7, 11) is -1.52. The molecular weight excluding hydrogens is 212 g/mol. The van der Waals surface area contributed by atoms with Crippen LogP contribution in [0.2, 0.25) is 13.1 Å². The lowest BCUT2D eigenvalue weighted by Gasteiger charge is -2.41. The average molecular weight is 232 g/mol. The maximum Gasteiger partial charge on any atom is 0.335 e. The lowest BCUT2D eigenvalue weighted by molar-refractivity contribution is -0.168. The van der Waals surface area contributed by atoms with E-state index in [1.54, 1.807) is 20.8 Å². The number of rotatable bonds is 5. The van der Waals surface area contributed by atoms with Gasteiger partial charge >= 0.3 is 5.97 Å². The molecule has 4 nitrogen and oxygen atoms in total. The molecule has 0 aromatic rings. The van der Waals surface area contributed by atoms with Crippen LogP contribution >= 0.6 is 0 Å². The molecule has 1 atom stereocenters. The Labute approximate surface area is 92.4 Å². The first-order chi connectivity index (χ1) is 6.67. The van der Waals surface area contributed by atoms with Gasteiger partial charge in [0.05, 0.1) is 0 Å². The molecule has 0 heterocycles. The van der Waals surface area contributed by atoms with E-state index in [1.165, 1.54) is 0 Å². The molecule has 0 radical (unpaired) electrons. The molecule has 0 unspecified atom stereocenters. The van der Waals surface area contributed by atoms with Crippen LogP contribution in [-0.2, 0) is 14.0 Å². The average Bonchev–Trinajstić information content (AvgIpc) is 1.99. The van der Waals surface area contributed by atoms with Crippen LogP contribution in [0.4, 0.5) is 0 Å². The third kappa shape index (κ3) is 3.14. The predicted octanol–water partition coefficient (Wildman–Crippen LogP) is 1.44. The minimum atomic E-state index is -1.52. The molecule has 5 heteroatoms. The fraction of sp³-hybridized carbons (Fsp3) is 0.800. The maximum atomic E-state index is 11.3. The summed E-state index contributed by atoms with van der Waals surface area (Å²) in [5.41, 5.74) is -1.98. The molecule has 0 aromatic heterocycles. The zero-order valence-corrected chi connectivity index (χ0v) is 11.2. The fourth-order valence-electron chi connectivity index (χ4n) is 1.51. The molecule has 0 aliphatic rings. The molecule has 0 saturated carbocycles. The minimum absolute atomic E-state index is 0.100. The van der Waals surface area contributed by atoms with Crippen LogP contribution in [0.3, 0.4) is 0 Å². The third-order valence-corrected chi connectivity index (χ3v) is 3.24. The molecule has 0 rings (SSSR count). The number of hydrogen-bond donors (Lipinski definition) is 1. The van der Waals surface area contributed by atoms with E-state index in [-0.39, 0.29) is 6.42 Å². The Balaban J connectivity index is 5.26. The van der Waals surface area contributed by atoms with Gasteiger partial charge < -0.3 is 14.3 Å². The SMILES string of the molecule is C[SiH](C)O[C@](CC=O)(C(=O)O)C(C)(C)C. The summed E-state index contributed by atoms with van der Waals surface area (Å²) in [6.45, 7) is 9.13. The second kappa shape index (κ2) is 4.89. The van der Waals surface area contributed by atoms with Crippen LogP contribution in [0.25, 0.3) is 0 Å². The summed E-state index contributed by atoms with van der Waals surface area (Å²) in [4.78, 5) is 22.0. The molecule has 88 valence electrons. The summed E-state index contributed by atoms with van der Waals surface area (Å²) in [5, 5.41) is 9.28. The normalized spacial score (nSPS) is 16.1. The smallest absolute Gasteiger partial charge is 0.335 e. The number of aldehydes is 1. The van der Waals surface area contributed by atoms with Gasteiger partial charge in [-0.15, -0.1) is 0 Å². The summed E-state index contributed by atoms with van der Waals surface area (Å²) in [6.07, 6.45) is 0.521. The monoisotopic (exact) mass is 232 g/mol. The highest BCUT2D eigenvalue weighted by Gasteiger charge is 2.50. The van der Waals surface area contributed by atoms with E-state index in [1.807, 2.05) is 13.1 Å². The molecule has 0 amide bonds. The van der Waals surface area contributed by atoms with Gasteiger partial charge in [0.1, 0.15) is 6.29 Å². The van der Waals surface area contributed by atoms with Gasteiger partial charge in [0.25, 0.3) is 0 Å². The van der Waals surface area contributed by atoms with Crippen molar-refractivity contribution in [3.8, 4) is 0 Å². The van der Waals surface area contributed by atoms with Gasteiger partial charge in [0.15, 0.2) is 14.6 Å². The Morgan fingerprint density at radius 2 is 1.87 bits per heavy atom. The summed E-state index contributed by atoms with van der Waals surface area (Å²) < 4.78 is 5.61. The number of carbonyl (C=O) groups excluding carboxylic acids is 1. The lowest BCUT2D eigenvalue weighted by atomic mass is 9.75. The number of carboxylic acid groups (broad SMARTS) is 1. The van der Waals surface area contributed by atoms with E-state index in [4.69, 9.17) is 4.43 Å². The Kier molecular flexibility index (Phi) is 4.67. The third-order valence-electron chi connectivity index (χ3n) is 2.36. The highest BCUT2D eigenvalue weighted by Crippen LogP contribution is 2.37. The maximum absolute atomic E-state index is 11.3. The van der Waals surface area contributed by atoms with Gasteiger partial charge in [-0.2, -0.15) is 0 Å². The molecule has 0 fully saturated rings. The van der Waals surface area contributed by atoms with Gasteiger partial charge in [0.2, 0.25) is 0 Å². The van der Waals surface area contributed by atoms with E-state index in [2.05, 4.69) is 0 Å². The van der Waals surface area contributed by atoms with E-state index >= 15 is 0 Å². The van der Waals surface area contributed by atoms with Gasteiger partial charge in [-0.05, 0) is 13.1 Å². The van der Waals surface area contributed by atoms with Gasteiger partial charge in [-0.1, -0.05) is 20.8 Å². The van der Waals surface area contributed by atoms with Crippen LogP contribution in [0.1, 0.15) is 27.2 Å². The molecule has 0 aliphatic carbocycles. The van der Waals surface area contributed by atoms with Crippen molar-refractivity contribution in [2.45, 2.75) is 45.9 Å². The van der Waals surface area contributed by atoms with E-state index in [9.17, 15) is 14.7 Å². The standard InChI is InChI=1S/C10H20O4Si/c1-9(2,3)10(6-7-11,8(12)13)14-15(4)5/h7,15H,6H2,1-5H3,(H,12,13)/t10-/m1/s1. The summed E-state index contributed by atoms with van der Waals surface area (Å²) in [5.74, 6) is -1.05. The molecule has 0 aromatic carbocycles. The molecule has 1 N–H and O–H groups in total. The number of hydrogen-bond acceptors (Lipinski definition) is 3. The highest BCUT2D eigenvalue weighted by molar-refractivity contribution is 6.48. The van der Waals surface area contributed by atoms with E-state index < -0.39 is 26.0 Å². The molecular formula is C10H20O4Si. The largest absolute Gasteiger partial charge is 0.479 e. The van der Waals surface area contributed by atoms with Crippen molar-refractivity contribution in [3.05, 3.63) is 0 Å².